The van der Waals surface area contributed by atoms with E-state index in [0.29, 0.717) is 19.3 Å². The molecular formula is C12H16O4S. The number of unbranched alkanes of at least 4 members (excludes halogenated alkanes) is 1. The zero-order valence-corrected chi connectivity index (χ0v) is 10.3. The molecule has 0 heterocycles. The van der Waals surface area contributed by atoms with Crippen LogP contribution in [0.4, 0.5) is 0 Å². The van der Waals surface area contributed by atoms with Gasteiger partial charge in [-0.05, 0) is 18.4 Å². The van der Waals surface area contributed by atoms with Gasteiger partial charge >= 0.3 is 5.97 Å². The van der Waals surface area contributed by atoms with Gasteiger partial charge in [-0.3, -0.25) is 4.79 Å². The molecule has 0 saturated carbocycles. The number of hydrogen-bond acceptors (Lipinski definition) is 3. The summed E-state index contributed by atoms with van der Waals surface area (Å²) in [5.74, 6) is -0.0519. The lowest BCUT2D eigenvalue weighted by Crippen LogP contribution is -2.05. The summed E-state index contributed by atoms with van der Waals surface area (Å²) >= 11 is -1.77. The van der Waals surface area contributed by atoms with Gasteiger partial charge in [-0.1, -0.05) is 30.3 Å². The number of hydrogen-bond donors (Lipinski definition) is 1. The molecule has 0 radical (unpaired) electrons. The minimum absolute atomic E-state index is 0.214. The Morgan fingerprint density at radius 1 is 1.24 bits per heavy atom. The van der Waals surface area contributed by atoms with E-state index in [-0.39, 0.29) is 18.3 Å². The van der Waals surface area contributed by atoms with Gasteiger partial charge in [0.2, 0.25) is 0 Å². The van der Waals surface area contributed by atoms with Crippen molar-refractivity contribution in [3.8, 4) is 0 Å². The van der Waals surface area contributed by atoms with Crippen LogP contribution in [0.2, 0.25) is 0 Å². The minimum Gasteiger partial charge on any atom is -0.461 e. The Bertz CT molecular complexity index is 364. The van der Waals surface area contributed by atoms with E-state index in [1.54, 1.807) is 0 Å². The fraction of sp³-hybridized carbons (Fsp3) is 0.417. The van der Waals surface area contributed by atoms with Gasteiger partial charge in [-0.25, -0.2) is 4.21 Å². The van der Waals surface area contributed by atoms with E-state index in [1.165, 1.54) is 0 Å². The molecule has 0 aliphatic carbocycles. The molecule has 0 amide bonds. The Morgan fingerprint density at radius 3 is 2.59 bits per heavy atom. The highest BCUT2D eigenvalue weighted by Gasteiger charge is 2.03. The van der Waals surface area contributed by atoms with Crippen LogP contribution in [0.5, 0.6) is 0 Å². The Labute approximate surface area is 103 Å². The fourth-order valence-corrected chi connectivity index (χ4v) is 1.76. The van der Waals surface area contributed by atoms with Crippen LogP contribution in [0.1, 0.15) is 24.8 Å². The van der Waals surface area contributed by atoms with E-state index < -0.39 is 11.1 Å². The van der Waals surface area contributed by atoms with Gasteiger partial charge < -0.3 is 9.29 Å². The van der Waals surface area contributed by atoms with Gasteiger partial charge in [-0.2, -0.15) is 0 Å². The van der Waals surface area contributed by atoms with Gasteiger partial charge in [0.15, 0.2) is 11.1 Å². The molecule has 17 heavy (non-hydrogen) atoms. The zero-order chi connectivity index (χ0) is 12.5. The summed E-state index contributed by atoms with van der Waals surface area (Å²) < 4.78 is 23.9. The van der Waals surface area contributed by atoms with E-state index in [4.69, 9.17) is 9.29 Å². The van der Waals surface area contributed by atoms with Gasteiger partial charge in [0.05, 0.1) is 0 Å². The van der Waals surface area contributed by atoms with Crippen LogP contribution < -0.4 is 0 Å². The zero-order valence-electron chi connectivity index (χ0n) is 9.50. The van der Waals surface area contributed by atoms with Crippen molar-refractivity contribution in [1.82, 2.24) is 0 Å². The lowest BCUT2D eigenvalue weighted by molar-refractivity contribution is -0.145. The quantitative estimate of drug-likeness (QED) is 0.461. The normalized spacial score (nSPS) is 12.1. The summed E-state index contributed by atoms with van der Waals surface area (Å²) in [4.78, 5) is 11.3. The van der Waals surface area contributed by atoms with Crippen molar-refractivity contribution in [3.63, 3.8) is 0 Å². The summed E-state index contributed by atoms with van der Waals surface area (Å²) in [6, 6.07) is 9.46. The molecule has 0 aliphatic heterocycles. The van der Waals surface area contributed by atoms with Gasteiger partial charge in [0.25, 0.3) is 0 Å². The maximum absolute atomic E-state index is 11.3. The molecular weight excluding hydrogens is 240 g/mol. The second-order valence-electron chi connectivity index (χ2n) is 3.63. The second kappa shape index (κ2) is 7.97. The SMILES string of the molecule is O=C(CCCCS(=O)O)OCc1ccccc1. The van der Waals surface area contributed by atoms with Gasteiger partial charge in [-0.15, -0.1) is 0 Å². The lowest BCUT2D eigenvalue weighted by Gasteiger charge is -2.04. The van der Waals surface area contributed by atoms with Crippen LogP contribution >= 0.6 is 0 Å². The van der Waals surface area contributed by atoms with Crippen molar-refractivity contribution in [2.45, 2.75) is 25.9 Å². The van der Waals surface area contributed by atoms with Crippen LogP contribution in [0, 0.1) is 0 Å². The first-order valence-corrected chi connectivity index (χ1v) is 6.73. The molecule has 0 spiro atoms. The molecule has 0 aromatic heterocycles. The minimum atomic E-state index is -1.77. The van der Waals surface area contributed by atoms with E-state index in [2.05, 4.69) is 0 Å². The average Bonchev–Trinajstić information content (AvgIpc) is 2.33. The van der Waals surface area contributed by atoms with Crippen molar-refractivity contribution in [2.75, 3.05) is 5.75 Å². The Balaban J connectivity index is 2.11. The Morgan fingerprint density at radius 2 is 1.94 bits per heavy atom. The number of carbonyl (C=O) groups is 1. The third kappa shape index (κ3) is 6.86. The number of carbonyl (C=O) groups excluding carboxylic acids is 1. The van der Waals surface area contributed by atoms with Crippen LogP contribution in [0.3, 0.4) is 0 Å². The highest BCUT2D eigenvalue weighted by molar-refractivity contribution is 7.79. The van der Waals surface area contributed by atoms with Crippen LogP contribution in [0.15, 0.2) is 30.3 Å². The lowest BCUT2D eigenvalue weighted by atomic mass is 10.2. The predicted molar refractivity (Wildman–Crippen MR) is 65.7 cm³/mol. The Kier molecular flexibility index (Phi) is 6.50. The first kappa shape index (κ1) is 13.9. The molecule has 0 saturated heterocycles. The van der Waals surface area contributed by atoms with Gasteiger partial charge in [0.1, 0.15) is 6.61 Å². The molecule has 0 fully saturated rings. The molecule has 0 aliphatic rings. The van der Waals surface area contributed by atoms with Crippen LogP contribution in [-0.4, -0.2) is 20.5 Å². The van der Waals surface area contributed by atoms with Crippen molar-refractivity contribution in [1.29, 1.82) is 0 Å². The molecule has 4 nitrogen and oxygen atoms in total. The first-order chi connectivity index (χ1) is 8.18. The van der Waals surface area contributed by atoms with Crippen LogP contribution in [-0.2, 0) is 27.2 Å². The Hall–Kier alpha value is -1.20. The largest absolute Gasteiger partial charge is 0.461 e. The number of rotatable bonds is 7. The molecule has 1 N–H and O–H groups in total. The van der Waals surface area contributed by atoms with Crippen molar-refractivity contribution >= 4 is 17.0 Å². The van der Waals surface area contributed by atoms with E-state index >= 15 is 0 Å². The fourth-order valence-electron chi connectivity index (χ4n) is 1.31. The number of benzene rings is 1. The highest BCUT2D eigenvalue weighted by Crippen LogP contribution is 2.04. The average molecular weight is 256 g/mol. The smallest absolute Gasteiger partial charge is 0.306 e. The van der Waals surface area contributed by atoms with Gasteiger partial charge in [0, 0.05) is 12.2 Å². The molecule has 1 aromatic rings. The topological polar surface area (TPSA) is 63.6 Å². The summed E-state index contributed by atoms with van der Waals surface area (Å²) in [6.45, 7) is 0.283. The maximum atomic E-state index is 11.3. The van der Waals surface area contributed by atoms with E-state index in [0.717, 1.165) is 5.56 Å². The molecule has 94 valence electrons. The number of ether oxygens (including phenoxy) is 1. The third-order valence-corrected chi connectivity index (χ3v) is 2.83. The summed E-state index contributed by atoms with van der Waals surface area (Å²) in [6.07, 6.45) is 1.44. The number of esters is 1. The maximum Gasteiger partial charge on any atom is 0.306 e. The standard InChI is InChI=1S/C12H16O4S/c13-12(8-4-5-9-17(14)15)16-10-11-6-2-1-3-7-11/h1-3,6-7H,4-5,8-10H2,(H,14,15). The molecule has 1 rings (SSSR count). The highest BCUT2D eigenvalue weighted by atomic mass is 32.2. The molecule has 1 aromatic carbocycles. The first-order valence-electron chi connectivity index (χ1n) is 5.45. The van der Waals surface area contributed by atoms with Crippen molar-refractivity contribution in [3.05, 3.63) is 35.9 Å². The summed E-state index contributed by atoms with van der Waals surface area (Å²) in [5, 5.41) is 0. The molecule has 5 heteroatoms. The predicted octanol–water partition coefficient (Wildman–Crippen LogP) is 2.12. The summed E-state index contributed by atoms with van der Waals surface area (Å²) in [5.41, 5.74) is 0.956. The molecule has 0 bridgehead atoms. The van der Waals surface area contributed by atoms with E-state index in [9.17, 15) is 9.00 Å². The summed E-state index contributed by atoms with van der Waals surface area (Å²) in [7, 11) is 0. The monoisotopic (exact) mass is 256 g/mol. The second-order valence-corrected chi connectivity index (χ2v) is 4.68. The van der Waals surface area contributed by atoms with Crippen molar-refractivity contribution in [2.24, 2.45) is 0 Å². The molecule has 1 unspecified atom stereocenters. The van der Waals surface area contributed by atoms with E-state index in [1.807, 2.05) is 30.3 Å². The third-order valence-electron chi connectivity index (χ3n) is 2.19. The van der Waals surface area contributed by atoms with Crippen LogP contribution in [0.25, 0.3) is 0 Å². The molecule has 1 atom stereocenters. The van der Waals surface area contributed by atoms with Crippen molar-refractivity contribution < 1.29 is 18.3 Å².